The molecule has 0 fully saturated rings. The molecule has 0 heterocycles. The highest BCUT2D eigenvalue weighted by molar-refractivity contribution is 4.57. The summed E-state index contributed by atoms with van der Waals surface area (Å²) < 4.78 is 0. The lowest BCUT2D eigenvalue weighted by Crippen LogP contribution is -2.55. The third kappa shape index (κ3) is 2.76. The zero-order chi connectivity index (χ0) is 9.02. The van der Waals surface area contributed by atoms with Crippen LogP contribution in [-0.4, -0.2) is 27.8 Å². The monoisotopic (exact) mass is 163 g/mol. The molecular weight excluding hydrogens is 150 g/mol. The Hall–Kier alpha value is -0.760. The van der Waals surface area contributed by atoms with Crippen molar-refractivity contribution in [1.82, 2.24) is 10.3 Å². The Morgan fingerprint density at radius 2 is 1.73 bits per heavy atom. The smallest absolute Gasteiger partial charge is 0.0963 e. The molecule has 0 aromatic carbocycles. The Kier molecular flexibility index (Phi) is 3.90. The number of nitroso groups, excluding NO2 is 1. The van der Waals surface area contributed by atoms with Gasteiger partial charge >= 0.3 is 0 Å². The minimum absolute atomic E-state index is 0.0926. The van der Waals surface area contributed by atoms with Crippen LogP contribution in [0.2, 0.25) is 0 Å². The first kappa shape index (κ1) is 10.2. The Balaban J connectivity index is 4.20. The van der Waals surface area contributed by atoms with Crippen LogP contribution in [0.5, 0.6) is 0 Å². The van der Waals surface area contributed by atoms with E-state index < -0.39 is 12.3 Å². The lowest BCUT2D eigenvalue weighted by molar-refractivity contribution is -0.274. The van der Waals surface area contributed by atoms with Gasteiger partial charge in [-0.3, -0.25) is 5.21 Å². The van der Waals surface area contributed by atoms with Crippen LogP contribution in [0, 0.1) is 4.91 Å². The predicted molar refractivity (Wildman–Crippen MR) is 38.6 cm³/mol. The van der Waals surface area contributed by atoms with Gasteiger partial charge in [0.15, 0.2) is 0 Å². The number of nitrogens with zero attached hydrogens (tertiary/aromatic N) is 3. The molecule has 0 saturated carbocycles. The molecule has 66 valence electrons. The fourth-order valence-electron chi connectivity index (χ4n) is 0.739. The molecular formula is C4H13N5O2. The number of hydrogen-bond donors (Lipinski definition) is 3. The summed E-state index contributed by atoms with van der Waals surface area (Å²) in [5, 5.41) is 12.1. The van der Waals surface area contributed by atoms with Crippen LogP contribution in [0.15, 0.2) is 5.29 Å². The molecule has 7 nitrogen and oxygen atoms in total. The van der Waals surface area contributed by atoms with Crippen LogP contribution < -0.4 is 11.5 Å². The average molecular weight is 163 g/mol. The van der Waals surface area contributed by atoms with Crippen LogP contribution in [-0.2, 0) is 0 Å². The molecule has 2 atom stereocenters. The van der Waals surface area contributed by atoms with Gasteiger partial charge < -0.3 is 11.5 Å². The molecule has 0 saturated heterocycles. The maximum absolute atomic E-state index is 9.83. The molecule has 0 aliphatic heterocycles. The summed E-state index contributed by atoms with van der Waals surface area (Å²) in [5.74, 6) is 0. The minimum Gasteiger partial charge on any atom is -0.314 e. The molecule has 0 aromatic heterocycles. The summed E-state index contributed by atoms with van der Waals surface area (Å²) in [7, 11) is 0. The van der Waals surface area contributed by atoms with E-state index in [1.54, 1.807) is 13.8 Å². The maximum atomic E-state index is 9.83. The second kappa shape index (κ2) is 4.19. The average Bonchev–Trinajstić information content (AvgIpc) is 1.85. The summed E-state index contributed by atoms with van der Waals surface area (Å²) in [4.78, 5) is 9.83. The molecule has 2 unspecified atom stereocenters. The van der Waals surface area contributed by atoms with Gasteiger partial charge in [0.25, 0.3) is 0 Å². The van der Waals surface area contributed by atoms with Gasteiger partial charge in [-0.25, -0.2) is 0 Å². The van der Waals surface area contributed by atoms with Crippen LogP contribution in [0.3, 0.4) is 0 Å². The van der Waals surface area contributed by atoms with Crippen molar-refractivity contribution < 1.29 is 5.21 Å². The Labute approximate surface area is 64.4 Å². The first-order valence-electron chi connectivity index (χ1n) is 3.12. The number of nitrogens with two attached hydrogens (primary N) is 2. The Morgan fingerprint density at radius 3 is 1.82 bits per heavy atom. The first-order valence-corrected chi connectivity index (χ1v) is 3.12. The number of hydrazine groups is 1. The van der Waals surface area contributed by atoms with Crippen LogP contribution >= 0.6 is 0 Å². The van der Waals surface area contributed by atoms with Crippen molar-refractivity contribution in [2.75, 3.05) is 0 Å². The highest BCUT2D eigenvalue weighted by Gasteiger charge is 2.20. The van der Waals surface area contributed by atoms with E-state index in [1.807, 2.05) is 0 Å². The fourth-order valence-corrected chi connectivity index (χ4v) is 0.739. The lowest BCUT2D eigenvalue weighted by atomic mass is 10.5. The Bertz CT molecular complexity index is 120. The topological polar surface area (TPSA) is 108 Å². The third-order valence-electron chi connectivity index (χ3n) is 1.11. The van der Waals surface area contributed by atoms with Gasteiger partial charge in [0.05, 0.1) is 17.6 Å². The summed E-state index contributed by atoms with van der Waals surface area (Å²) in [6.07, 6.45) is -1.14. The van der Waals surface area contributed by atoms with Gasteiger partial charge in [-0.15, -0.1) is 9.92 Å². The zero-order valence-corrected chi connectivity index (χ0v) is 6.51. The molecule has 7 heteroatoms. The summed E-state index contributed by atoms with van der Waals surface area (Å²) in [5.41, 5.74) is 10.7. The van der Waals surface area contributed by atoms with Crippen LogP contribution in [0.1, 0.15) is 13.8 Å². The maximum Gasteiger partial charge on any atom is 0.0963 e. The lowest BCUT2D eigenvalue weighted by Gasteiger charge is -2.30. The van der Waals surface area contributed by atoms with E-state index in [2.05, 4.69) is 5.29 Å². The molecule has 11 heavy (non-hydrogen) atoms. The van der Waals surface area contributed by atoms with Crippen molar-refractivity contribution in [2.45, 2.75) is 26.2 Å². The molecule has 0 aromatic rings. The van der Waals surface area contributed by atoms with Crippen molar-refractivity contribution in [3.05, 3.63) is 4.91 Å². The molecule has 5 N–H and O–H groups in total. The van der Waals surface area contributed by atoms with E-state index in [4.69, 9.17) is 16.7 Å². The van der Waals surface area contributed by atoms with Gasteiger partial charge in [-0.05, 0) is 13.8 Å². The molecule has 0 amide bonds. The summed E-state index contributed by atoms with van der Waals surface area (Å²) in [6.45, 7) is 3.13. The van der Waals surface area contributed by atoms with Gasteiger partial charge in [-0.2, -0.15) is 0 Å². The van der Waals surface area contributed by atoms with E-state index in [9.17, 15) is 4.91 Å². The molecule has 0 rings (SSSR count). The zero-order valence-electron chi connectivity index (χ0n) is 6.51. The van der Waals surface area contributed by atoms with Gasteiger partial charge in [0.2, 0.25) is 0 Å². The first-order chi connectivity index (χ1) is 5.00. The molecule has 0 radical (unpaired) electrons. The van der Waals surface area contributed by atoms with E-state index >= 15 is 0 Å². The molecule has 0 bridgehead atoms. The van der Waals surface area contributed by atoms with Crippen molar-refractivity contribution >= 4 is 0 Å². The summed E-state index contributed by atoms with van der Waals surface area (Å²) in [6, 6.07) is 0. The third-order valence-corrected chi connectivity index (χ3v) is 1.11. The van der Waals surface area contributed by atoms with E-state index in [1.165, 1.54) is 0 Å². The van der Waals surface area contributed by atoms with Crippen molar-refractivity contribution in [2.24, 2.45) is 16.8 Å². The molecule has 0 aliphatic carbocycles. The quantitative estimate of drug-likeness (QED) is 0.284. The molecule has 0 aliphatic rings. The largest absolute Gasteiger partial charge is 0.314 e. The normalized spacial score (nSPS) is 16.2. The SMILES string of the molecule is CC(N)N(C(C)N)N(O)N=O. The number of hydrogen-bond acceptors (Lipinski definition) is 6. The highest BCUT2D eigenvalue weighted by Crippen LogP contribution is 2.00. The van der Waals surface area contributed by atoms with E-state index in [-0.39, 0.29) is 5.28 Å². The fraction of sp³-hybridized carbons (Fsp3) is 1.00. The Morgan fingerprint density at radius 1 is 1.36 bits per heavy atom. The van der Waals surface area contributed by atoms with Crippen LogP contribution in [0.4, 0.5) is 0 Å². The van der Waals surface area contributed by atoms with Crippen molar-refractivity contribution in [3.63, 3.8) is 0 Å². The predicted octanol–water partition coefficient (Wildman–Crippen LogP) is -0.815. The highest BCUT2D eigenvalue weighted by atomic mass is 16.6. The standard InChI is InChI=1S/C4H13N5O2/c1-3(5)8(4(2)6)9(11)7-10/h3-4,11H,5-6H2,1-2H3. The van der Waals surface area contributed by atoms with Crippen molar-refractivity contribution in [3.8, 4) is 0 Å². The summed E-state index contributed by atoms with van der Waals surface area (Å²) >= 11 is 0. The van der Waals surface area contributed by atoms with Gasteiger partial charge in [-0.1, -0.05) is 5.28 Å². The number of rotatable bonds is 4. The van der Waals surface area contributed by atoms with Gasteiger partial charge in [0.1, 0.15) is 0 Å². The molecule has 0 spiro atoms. The van der Waals surface area contributed by atoms with E-state index in [0.717, 1.165) is 5.01 Å². The van der Waals surface area contributed by atoms with Crippen LogP contribution in [0.25, 0.3) is 0 Å². The second-order valence-corrected chi connectivity index (χ2v) is 2.21. The van der Waals surface area contributed by atoms with E-state index in [0.29, 0.717) is 0 Å². The second-order valence-electron chi connectivity index (χ2n) is 2.21. The van der Waals surface area contributed by atoms with Gasteiger partial charge in [0, 0.05) is 0 Å². The minimum atomic E-state index is -0.572. The van der Waals surface area contributed by atoms with Crippen molar-refractivity contribution in [1.29, 1.82) is 0 Å².